The zero-order chi connectivity index (χ0) is 10.7. The van der Waals surface area contributed by atoms with Crippen molar-refractivity contribution in [3.63, 3.8) is 0 Å². The van der Waals surface area contributed by atoms with Crippen molar-refractivity contribution >= 4 is 6.03 Å². The summed E-state index contributed by atoms with van der Waals surface area (Å²) in [5.74, 6) is 0.719. The maximum atomic E-state index is 11.4. The highest BCUT2D eigenvalue weighted by Crippen LogP contribution is 2.18. The molecular formula is C11H21N3O. The van der Waals surface area contributed by atoms with Crippen molar-refractivity contribution in [2.24, 2.45) is 5.92 Å². The summed E-state index contributed by atoms with van der Waals surface area (Å²) in [5, 5.41) is 2.86. The second-order valence-electron chi connectivity index (χ2n) is 4.56. The standard InChI is InChI=1S/C11H21N3O/c1-2-13-6-3-10(4-7-13)9-14-8-5-12-11(14)15/h10H,2-9H2,1H3,(H,12,15). The molecule has 0 aromatic rings. The average molecular weight is 211 g/mol. The molecule has 2 heterocycles. The van der Waals surface area contributed by atoms with E-state index >= 15 is 0 Å². The summed E-state index contributed by atoms with van der Waals surface area (Å²) in [7, 11) is 0. The molecule has 0 aromatic heterocycles. The second kappa shape index (κ2) is 4.84. The zero-order valence-corrected chi connectivity index (χ0v) is 9.54. The summed E-state index contributed by atoms with van der Waals surface area (Å²) in [5.41, 5.74) is 0. The van der Waals surface area contributed by atoms with Crippen LogP contribution in [0.1, 0.15) is 19.8 Å². The third-order valence-corrected chi connectivity index (χ3v) is 3.58. The molecule has 0 spiro atoms. The fraction of sp³-hybridized carbons (Fsp3) is 0.909. The van der Waals surface area contributed by atoms with Gasteiger partial charge in [0.05, 0.1) is 0 Å². The Morgan fingerprint density at radius 1 is 1.33 bits per heavy atom. The Labute approximate surface area is 91.6 Å². The lowest BCUT2D eigenvalue weighted by Gasteiger charge is -2.32. The minimum Gasteiger partial charge on any atom is -0.336 e. The molecule has 2 aliphatic rings. The number of hydrogen-bond acceptors (Lipinski definition) is 2. The first-order valence-electron chi connectivity index (χ1n) is 6.04. The van der Waals surface area contributed by atoms with Crippen molar-refractivity contribution in [1.82, 2.24) is 15.1 Å². The van der Waals surface area contributed by atoms with Gasteiger partial charge in [0.15, 0.2) is 0 Å². The smallest absolute Gasteiger partial charge is 0.317 e. The van der Waals surface area contributed by atoms with E-state index in [2.05, 4.69) is 17.1 Å². The zero-order valence-electron chi connectivity index (χ0n) is 9.54. The highest BCUT2D eigenvalue weighted by Gasteiger charge is 2.25. The van der Waals surface area contributed by atoms with Crippen LogP contribution in [0.25, 0.3) is 0 Å². The van der Waals surface area contributed by atoms with Gasteiger partial charge in [0, 0.05) is 19.6 Å². The van der Waals surface area contributed by atoms with E-state index in [1.54, 1.807) is 0 Å². The van der Waals surface area contributed by atoms with Crippen molar-refractivity contribution in [1.29, 1.82) is 0 Å². The topological polar surface area (TPSA) is 35.6 Å². The van der Waals surface area contributed by atoms with E-state index in [-0.39, 0.29) is 6.03 Å². The van der Waals surface area contributed by atoms with E-state index in [0.717, 1.165) is 32.1 Å². The molecule has 0 unspecified atom stereocenters. The molecule has 0 aliphatic carbocycles. The van der Waals surface area contributed by atoms with Gasteiger partial charge in [-0.25, -0.2) is 4.79 Å². The van der Waals surface area contributed by atoms with Gasteiger partial charge < -0.3 is 15.1 Å². The lowest BCUT2D eigenvalue weighted by molar-refractivity contribution is 0.160. The molecule has 2 aliphatic heterocycles. The van der Waals surface area contributed by atoms with E-state index in [1.807, 2.05) is 4.90 Å². The number of hydrogen-bond donors (Lipinski definition) is 1. The van der Waals surface area contributed by atoms with Crippen LogP contribution in [0.5, 0.6) is 0 Å². The third-order valence-electron chi connectivity index (χ3n) is 3.58. The first kappa shape index (κ1) is 10.7. The Bertz CT molecular complexity index is 224. The van der Waals surface area contributed by atoms with Gasteiger partial charge in [-0.05, 0) is 38.4 Å². The van der Waals surface area contributed by atoms with Gasteiger partial charge in [0.2, 0.25) is 0 Å². The number of nitrogens with one attached hydrogen (secondary N) is 1. The van der Waals surface area contributed by atoms with Gasteiger partial charge in [0.25, 0.3) is 0 Å². The first-order valence-corrected chi connectivity index (χ1v) is 6.04. The van der Waals surface area contributed by atoms with Gasteiger partial charge in [-0.2, -0.15) is 0 Å². The molecule has 86 valence electrons. The lowest BCUT2D eigenvalue weighted by Crippen LogP contribution is -2.39. The Hall–Kier alpha value is -0.770. The largest absolute Gasteiger partial charge is 0.336 e. The quantitative estimate of drug-likeness (QED) is 0.747. The van der Waals surface area contributed by atoms with Crippen LogP contribution in [0.3, 0.4) is 0 Å². The number of carbonyl (C=O) groups is 1. The maximum Gasteiger partial charge on any atom is 0.317 e. The van der Waals surface area contributed by atoms with Crippen molar-refractivity contribution in [2.45, 2.75) is 19.8 Å². The third kappa shape index (κ3) is 2.62. The Morgan fingerprint density at radius 2 is 2.07 bits per heavy atom. The molecule has 2 rings (SSSR count). The van der Waals surface area contributed by atoms with Gasteiger partial charge in [-0.1, -0.05) is 6.92 Å². The molecule has 1 N–H and O–H groups in total. The second-order valence-corrected chi connectivity index (χ2v) is 4.56. The Kier molecular flexibility index (Phi) is 3.46. The Balaban J connectivity index is 1.74. The number of urea groups is 1. The maximum absolute atomic E-state index is 11.4. The molecule has 0 radical (unpaired) electrons. The fourth-order valence-electron chi connectivity index (χ4n) is 2.48. The van der Waals surface area contributed by atoms with Gasteiger partial charge in [0.1, 0.15) is 0 Å². The SMILES string of the molecule is CCN1CCC(CN2CCNC2=O)CC1. The number of piperidine rings is 1. The predicted molar refractivity (Wildman–Crippen MR) is 59.8 cm³/mol. The average Bonchev–Trinajstić information content (AvgIpc) is 2.66. The minimum absolute atomic E-state index is 0.132. The van der Waals surface area contributed by atoms with Crippen molar-refractivity contribution in [3.8, 4) is 0 Å². The minimum atomic E-state index is 0.132. The monoisotopic (exact) mass is 211 g/mol. The molecule has 4 heteroatoms. The lowest BCUT2D eigenvalue weighted by atomic mass is 9.96. The Morgan fingerprint density at radius 3 is 2.60 bits per heavy atom. The molecular weight excluding hydrogens is 190 g/mol. The van der Waals surface area contributed by atoms with Crippen LogP contribution in [0.2, 0.25) is 0 Å². The van der Waals surface area contributed by atoms with Gasteiger partial charge in [-0.3, -0.25) is 0 Å². The van der Waals surface area contributed by atoms with Crippen LogP contribution in [-0.4, -0.2) is 55.1 Å². The van der Waals surface area contributed by atoms with E-state index in [1.165, 1.54) is 25.9 Å². The van der Waals surface area contributed by atoms with Crippen LogP contribution in [0.4, 0.5) is 4.79 Å². The number of carbonyl (C=O) groups excluding carboxylic acids is 1. The highest BCUT2D eigenvalue weighted by atomic mass is 16.2. The van der Waals surface area contributed by atoms with Gasteiger partial charge in [-0.15, -0.1) is 0 Å². The van der Waals surface area contributed by atoms with E-state index in [4.69, 9.17) is 0 Å². The molecule has 0 saturated carbocycles. The highest BCUT2D eigenvalue weighted by molar-refractivity contribution is 5.76. The fourth-order valence-corrected chi connectivity index (χ4v) is 2.48. The summed E-state index contributed by atoms with van der Waals surface area (Å²) >= 11 is 0. The predicted octanol–water partition coefficient (Wildman–Crippen LogP) is 0.744. The number of likely N-dealkylation sites (tertiary alicyclic amines) is 1. The molecule has 2 amide bonds. The van der Waals surface area contributed by atoms with E-state index < -0.39 is 0 Å². The molecule has 0 aromatic carbocycles. The molecule has 15 heavy (non-hydrogen) atoms. The summed E-state index contributed by atoms with van der Waals surface area (Å²) in [4.78, 5) is 15.8. The van der Waals surface area contributed by atoms with E-state index in [9.17, 15) is 4.79 Å². The van der Waals surface area contributed by atoms with Gasteiger partial charge >= 0.3 is 6.03 Å². The number of amides is 2. The summed E-state index contributed by atoms with van der Waals surface area (Å²) in [6, 6.07) is 0.132. The van der Waals surface area contributed by atoms with Crippen LogP contribution in [0, 0.1) is 5.92 Å². The van der Waals surface area contributed by atoms with Crippen LogP contribution in [0.15, 0.2) is 0 Å². The molecule has 0 bridgehead atoms. The number of nitrogens with zero attached hydrogens (tertiary/aromatic N) is 2. The van der Waals surface area contributed by atoms with Crippen LogP contribution < -0.4 is 5.32 Å². The van der Waals surface area contributed by atoms with E-state index in [0.29, 0.717) is 0 Å². The molecule has 4 nitrogen and oxygen atoms in total. The first-order chi connectivity index (χ1) is 7.29. The number of rotatable bonds is 3. The van der Waals surface area contributed by atoms with Crippen LogP contribution >= 0.6 is 0 Å². The normalized spacial score (nSPS) is 24.6. The molecule has 0 atom stereocenters. The summed E-state index contributed by atoms with van der Waals surface area (Å²) in [6.45, 7) is 8.47. The molecule has 2 fully saturated rings. The summed E-state index contributed by atoms with van der Waals surface area (Å²) in [6.07, 6.45) is 2.50. The summed E-state index contributed by atoms with van der Waals surface area (Å²) < 4.78 is 0. The van der Waals surface area contributed by atoms with Crippen molar-refractivity contribution in [2.75, 3.05) is 39.3 Å². The molecule has 2 saturated heterocycles. The van der Waals surface area contributed by atoms with Crippen molar-refractivity contribution < 1.29 is 4.79 Å². The van der Waals surface area contributed by atoms with Crippen LogP contribution in [-0.2, 0) is 0 Å². The van der Waals surface area contributed by atoms with Crippen molar-refractivity contribution in [3.05, 3.63) is 0 Å².